The van der Waals surface area contributed by atoms with Crippen LogP contribution in [0.5, 0.6) is 0 Å². The molecule has 1 nitrogen and oxygen atoms in total. The van der Waals surface area contributed by atoms with Crippen molar-refractivity contribution in [1.82, 2.24) is 0 Å². The lowest BCUT2D eigenvalue weighted by atomic mass is 9.78. The highest BCUT2D eigenvalue weighted by atomic mass is 14.8. The lowest BCUT2D eigenvalue weighted by molar-refractivity contribution is 0.772. The van der Waals surface area contributed by atoms with E-state index < -0.39 is 5.54 Å². The van der Waals surface area contributed by atoms with Crippen LogP contribution in [-0.2, 0) is 5.54 Å². The van der Waals surface area contributed by atoms with E-state index in [-0.39, 0.29) is 0 Å². The van der Waals surface area contributed by atoms with E-state index in [0.29, 0.717) is 0 Å². The highest BCUT2D eigenvalue weighted by molar-refractivity contribution is 5.52. The summed E-state index contributed by atoms with van der Waals surface area (Å²) in [5, 5.41) is 0. The van der Waals surface area contributed by atoms with E-state index in [1.165, 1.54) is 0 Å². The van der Waals surface area contributed by atoms with Crippen LogP contribution >= 0.6 is 0 Å². The van der Waals surface area contributed by atoms with Crippen molar-refractivity contribution in [2.75, 3.05) is 0 Å². The standard InChI is InChI=1S/C20H15N/c1-21-20(17-11-5-2-6-12-17,18-13-7-3-8-14-18)19-15-9-4-10-16-19/h2-16H. The molecule has 3 aromatic rings. The molecule has 0 amide bonds. The lowest BCUT2D eigenvalue weighted by Crippen LogP contribution is -2.25. The minimum Gasteiger partial charge on any atom is -0.295 e. The van der Waals surface area contributed by atoms with Gasteiger partial charge in [-0.2, -0.15) is 0 Å². The maximum atomic E-state index is 7.95. The maximum absolute atomic E-state index is 7.95. The molecule has 0 aliphatic rings. The summed E-state index contributed by atoms with van der Waals surface area (Å²) in [6.07, 6.45) is 0. The van der Waals surface area contributed by atoms with Gasteiger partial charge in [0.15, 0.2) is 0 Å². The van der Waals surface area contributed by atoms with Crippen molar-refractivity contribution < 1.29 is 0 Å². The maximum Gasteiger partial charge on any atom is 0.307 e. The summed E-state index contributed by atoms with van der Waals surface area (Å²) in [7, 11) is 0. The Balaban J connectivity index is 2.32. The fraction of sp³-hybridized carbons (Fsp3) is 0.0500. The SMILES string of the molecule is [C-]#[N+]C(c1ccccc1)(c1ccccc1)c1ccccc1. The molecule has 0 aliphatic carbocycles. The van der Waals surface area contributed by atoms with Crippen LogP contribution in [0.25, 0.3) is 4.85 Å². The van der Waals surface area contributed by atoms with Gasteiger partial charge in [-0.1, -0.05) is 91.0 Å². The van der Waals surface area contributed by atoms with Gasteiger partial charge in [0.05, 0.1) is 0 Å². The van der Waals surface area contributed by atoms with E-state index in [2.05, 4.69) is 4.85 Å². The van der Waals surface area contributed by atoms with E-state index in [9.17, 15) is 0 Å². The van der Waals surface area contributed by atoms with E-state index in [1.807, 2.05) is 91.0 Å². The Labute approximate surface area is 125 Å². The Morgan fingerprint density at radius 1 is 0.524 bits per heavy atom. The van der Waals surface area contributed by atoms with Gasteiger partial charge in [0.1, 0.15) is 0 Å². The Hall–Kier alpha value is -2.85. The predicted molar refractivity (Wildman–Crippen MR) is 85.8 cm³/mol. The number of hydrogen-bond acceptors (Lipinski definition) is 0. The Bertz CT molecular complexity index is 643. The average molecular weight is 269 g/mol. The highest BCUT2D eigenvalue weighted by Gasteiger charge is 2.42. The van der Waals surface area contributed by atoms with E-state index in [4.69, 9.17) is 6.57 Å². The predicted octanol–water partition coefficient (Wildman–Crippen LogP) is 4.90. The van der Waals surface area contributed by atoms with Gasteiger partial charge in [0, 0.05) is 16.7 Å². The summed E-state index contributed by atoms with van der Waals surface area (Å²) in [5.41, 5.74) is 2.20. The van der Waals surface area contributed by atoms with E-state index >= 15 is 0 Å². The average Bonchev–Trinajstić information content (AvgIpc) is 2.59. The van der Waals surface area contributed by atoms with Crippen molar-refractivity contribution in [1.29, 1.82) is 0 Å². The number of benzene rings is 3. The Morgan fingerprint density at radius 2 is 0.810 bits per heavy atom. The third kappa shape index (κ3) is 2.22. The molecule has 0 radical (unpaired) electrons. The van der Waals surface area contributed by atoms with Crippen LogP contribution in [0.4, 0.5) is 0 Å². The molecule has 0 saturated carbocycles. The molecule has 0 fully saturated rings. The molecule has 0 saturated heterocycles. The molecule has 0 heterocycles. The van der Waals surface area contributed by atoms with Crippen molar-refractivity contribution in [2.24, 2.45) is 0 Å². The summed E-state index contributed by atoms with van der Waals surface area (Å²) >= 11 is 0. The van der Waals surface area contributed by atoms with Crippen LogP contribution in [0.1, 0.15) is 16.7 Å². The molecule has 0 unspecified atom stereocenters. The first-order chi connectivity index (χ1) is 10.4. The van der Waals surface area contributed by atoms with Crippen molar-refractivity contribution in [3.05, 3.63) is 119 Å². The van der Waals surface area contributed by atoms with Crippen molar-refractivity contribution in [2.45, 2.75) is 5.54 Å². The smallest absolute Gasteiger partial charge is 0.295 e. The molecule has 100 valence electrons. The minimum absolute atomic E-state index is 0.788. The van der Waals surface area contributed by atoms with Gasteiger partial charge in [-0.3, -0.25) is 4.85 Å². The topological polar surface area (TPSA) is 4.36 Å². The molecule has 0 aliphatic heterocycles. The normalized spacial score (nSPS) is 10.8. The van der Waals surface area contributed by atoms with Gasteiger partial charge < -0.3 is 0 Å². The fourth-order valence-electron chi connectivity index (χ4n) is 2.73. The zero-order valence-corrected chi connectivity index (χ0v) is 11.6. The molecule has 0 aromatic heterocycles. The minimum atomic E-state index is -0.788. The van der Waals surface area contributed by atoms with Crippen LogP contribution < -0.4 is 0 Å². The summed E-state index contributed by atoms with van der Waals surface area (Å²) < 4.78 is 0. The number of hydrogen-bond donors (Lipinski definition) is 0. The van der Waals surface area contributed by atoms with Gasteiger partial charge in [-0.15, -0.1) is 0 Å². The van der Waals surface area contributed by atoms with Gasteiger partial charge in [-0.25, -0.2) is 6.57 Å². The molecule has 3 rings (SSSR count). The molecular weight excluding hydrogens is 254 g/mol. The van der Waals surface area contributed by atoms with Crippen LogP contribution in [0.3, 0.4) is 0 Å². The third-order valence-electron chi connectivity index (χ3n) is 3.74. The molecule has 3 aromatic carbocycles. The second kappa shape index (κ2) is 5.64. The zero-order valence-electron chi connectivity index (χ0n) is 11.6. The summed E-state index contributed by atoms with van der Waals surface area (Å²) in [4.78, 5) is 4.08. The van der Waals surface area contributed by atoms with Crippen LogP contribution in [0, 0.1) is 6.57 Å². The van der Waals surface area contributed by atoms with Gasteiger partial charge in [0.2, 0.25) is 0 Å². The first kappa shape index (κ1) is 13.1. The van der Waals surface area contributed by atoms with Crippen molar-refractivity contribution in [3.63, 3.8) is 0 Å². The molecule has 21 heavy (non-hydrogen) atoms. The van der Waals surface area contributed by atoms with Crippen molar-refractivity contribution >= 4 is 0 Å². The summed E-state index contributed by atoms with van der Waals surface area (Å²) in [6.45, 7) is 7.95. The van der Waals surface area contributed by atoms with Crippen LogP contribution in [-0.4, -0.2) is 0 Å². The second-order valence-corrected chi connectivity index (χ2v) is 4.92. The Kier molecular flexibility index (Phi) is 3.53. The molecule has 0 N–H and O–H groups in total. The third-order valence-corrected chi connectivity index (χ3v) is 3.74. The molecule has 1 heteroatoms. The molecule has 0 bridgehead atoms. The van der Waals surface area contributed by atoms with E-state index in [1.54, 1.807) is 0 Å². The first-order valence-corrected chi connectivity index (χ1v) is 6.93. The van der Waals surface area contributed by atoms with Crippen LogP contribution in [0.2, 0.25) is 0 Å². The van der Waals surface area contributed by atoms with Crippen molar-refractivity contribution in [3.8, 4) is 0 Å². The largest absolute Gasteiger partial charge is 0.307 e. The first-order valence-electron chi connectivity index (χ1n) is 6.93. The Morgan fingerprint density at radius 3 is 1.05 bits per heavy atom. The van der Waals surface area contributed by atoms with Gasteiger partial charge in [0.25, 0.3) is 0 Å². The summed E-state index contributed by atoms with van der Waals surface area (Å²) in [5.74, 6) is 0. The highest BCUT2D eigenvalue weighted by Crippen LogP contribution is 2.40. The molecule has 0 atom stereocenters. The van der Waals surface area contributed by atoms with Crippen LogP contribution in [0.15, 0.2) is 91.0 Å². The van der Waals surface area contributed by atoms with Gasteiger partial charge >= 0.3 is 5.54 Å². The zero-order chi connectivity index (χ0) is 14.5. The lowest BCUT2D eigenvalue weighted by Gasteiger charge is -2.23. The summed E-state index contributed by atoms with van der Waals surface area (Å²) in [6, 6.07) is 30.0. The number of nitrogens with zero attached hydrogens (tertiary/aromatic N) is 1. The monoisotopic (exact) mass is 269 g/mol. The number of rotatable bonds is 3. The van der Waals surface area contributed by atoms with E-state index in [0.717, 1.165) is 16.7 Å². The quantitative estimate of drug-likeness (QED) is 0.470. The molecular formula is C20H15N. The second-order valence-electron chi connectivity index (χ2n) is 4.92. The molecule has 0 spiro atoms. The van der Waals surface area contributed by atoms with Gasteiger partial charge in [-0.05, 0) is 0 Å². The fourth-order valence-corrected chi connectivity index (χ4v) is 2.73.